The molecule has 0 aliphatic heterocycles. The normalized spacial score (nSPS) is 12.4. The third-order valence-electron chi connectivity index (χ3n) is 1.94. The number of anilines is 1. The molecule has 0 aliphatic carbocycles. The highest BCUT2D eigenvalue weighted by atomic mass is 16.4. The molecule has 0 bridgehead atoms. The molecule has 1 heterocycles. The van der Waals surface area contributed by atoms with Crippen molar-refractivity contribution in [1.29, 1.82) is 0 Å². The van der Waals surface area contributed by atoms with Crippen LogP contribution in [0.1, 0.15) is 24.5 Å². The van der Waals surface area contributed by atoms with Crippen molar-refractivity contribution in [3.8, 4) is 0 Å². The first kappa shape index (κ1) is 12.0. The molecular weight excluding hydrogens is 214 g/mol. The van der Waals surface area contributed by atoms with Gasteiger partial charge in [-0.2, -0.15) is 4.98 Å². The summed E-state index contributed by atoms with van der Waals surface area (Å²) in [5, 5.41) is 16.9. The number of H-pyrrole nitrogens is 1. The second-order valence-electron chi connectivity index (χ2n) is 3.58. The number of aromatic nitrogens is 3. The van der Waals surface area contributed by atoms with E-state index in [1.54, 1.807) is 13.8 Å². The number of hydrogen-bond acceptors (Lipinski definition) is 5. The van der Waals surface area contributed by atoms with E-state index in [0.717, 1.165) is 0 Å². The lowest BCUT2D eigenvalue weighted by molar-refractivity contribution is -0.140. The number of amides is 1. The average Bonchev–Trinajstić information content (AvgIpc) is 2.59. The van der Waals surface area contributed by atoms with E-state index in [2.05, 4.69) is 20.5 Å². The van der Waals surface area contributed by atoms with Gasteiger partial charge in [0.15, 0.2) is 0 Å². The summed E-state index contributed by atoms with van der Waals surface area (Å²) in [6, 6.07) is -0.973. The van der Waals surface area contributed by atoms with E-state index >= 15 is 0 Å². The maximum Gasteiger partial charge on any atom is 0.326 e. The molecule has 0 aliphatic rings. The number of nitrogen functional groups attached to an aromatic ring is 1. The van der Waals surface area contributed by atoms with Crippen LogP contribution in [0.25, 0.3) is 0 Å². The zero-order valence-corrected chi connectivity index (χ0v) is 8.89. The maximum atomic E-state index is 11.5. The number of aromatic amines is 1. The molecule has 1 aromatic rings. The number of nitrogens with two attached hydrogens (primary N) is 1. The lowest BCUT2D eigenvalue weighted by Crippen LogP contribution is -2.44. The highest BCUT2D eigenvalue weighted by Gasteiger charge is 2.25. The van der Waals surface area contributed by atoms with Gasteiger partial charge in [-0.3, -0.25) is 9.89 Å². The van der Waals surface area contributed by atoms with Crippen molar-refractivity contribution < 1.29 is 14.7 Å². The molecule has 5 N–H and O–H groups in total. The van der Waals surface area contributed by atoms with Gasteiger partial charge in [0.1, 0.15) is 6.04 Å². The fraction of sp³-hybridized carbons (Fsp3) is 0.500. The zero-order valence-electron chi connectivity index (χ0n) is 8.89. The number of aliphatic carboxylic acids is 1. The second kappa shape index (κ2) is 4.60. The highest BCUT2D eigenvalue weighted by Crippen LogP contribution is 2.03. The SMILES string of the molecule is CC(C)[C@@H](NC(=O)c1nc(N)n[nH]1)C(=O)O. The predicted octanol–water partition coefficient (Wildman–Crippen LogP) is -0.774. The van der Waals surface area contributed by atoms with Crippen LogP contribution >= 0.6 is 0 Å². The minimum Gasteiger partial charge on any atom is -0.480 e. The Morgan fingerprint density at radius 3 is 2.50 bits per heavy atom. The predicted molar refractivity (Wildman–Crippen MR) is 54.5 cm³/mol. The molecule has 1 atom stereocenters. The Bertz CT molecular complexity index is 400. The first-order valence-corrected chi connectivity index (χ1v) is 4.63. The Kier molecular flexibility index (Phi) is 3.44. The standard InChI is InChI=1S/C8H13N5O3/c1-3(2)4(7(15)16)10-6(14)5-11-8(9)13-12-5/h3-4H,1-2H3,(H,10,14)(H,15,16)(H3,9,11,12,13)/t4-/m1/s1. The van der Waals surface area contributed by atoms with Gasteiger partial charge in [-0.05, 0) is 5.92 Å². The second-order valence-corrected chi connectivity index (χ2v) is 3.58. The van der Waals surface area contributed by atoms with Gasteiger partial charge in [-0.1, -0.05) is 13.8 Å². The van der Waals surface area contributed by atoms with Crippen molar-refractivity contribution in [2.75, 3.05) is 5.73 Å². The molecule has 0 radical (unpaired) electrons. The molecule has 0 saturated heterocycles. The molecule has 0 saturated carbocycles. The van der Waals surface area contributed by atoms with E-state index < -0.39 is 17.9 Å². The third-order valence-corrected chi connectivity index (χ3v) is 1.94. The van der Waals surface area contributed by atoms with Crippen LogP contribution in [0, 0.1) is 5.92 Å². The molecule has 0 fully saturated rings. The zero-order chi connectivity index (χ0) is 12.3. The van der Waals surface area contributed by atoms with Crippen LogP contribution in [0.2, 0.25) is 0 Å². The third kappa shape index (κ3) is 2.69. The number of carbonyl (C=O) groups is 2. The van der Waals surface area contributed by atoms with E-state index in [9.17, 15) is 9.59 Å². The van der Waals surface area contributed by atoms with Gasteiger partial charge in [-0.15, -0.1) is 5.10 Å². The van der Waals surface area contributed by atoms with Gasteiger partial charge in [-0.25, -0.2) is 4.79 Å². The van der Waals surface area contributed by atoms with E-state index in [4.69, 9.17) is 10.8 Å². The van der Waals surface area contributed by atoms with Crippen LogP contribution in [-0.2, 0) is 4.79 Å². The molecular formula is C8H13N5O3. The summed E-state index contributed by atoms with van der Waals surface area (Å²) in [6.07, 6.45) is 0. The Hall–Kier alpha value is -2.12. The summed E-state index contributed by atoms with van der Waals surface area (Å²) in [5.74, 6) is -2.16. The van der Waals surface area contributed by atoms with Gasteiger partial charge in [0.05, 0.1) is 0 Å². The van der Waals surface area contributed by atoms with Crippen molar-refractivity contribution in [3.63, 3.8) is 0 Å². The molecule has 0 unspecified atom stereocenters. The number of nitrogens with one attached hydrogen (secondary N) is 2. The van der Waals surface area contributed by atoms with Crippen LogP contribution in [0.4, 0.5) is 5.95 Å². The van der Waals surface area contributed by atoms with E-state index in [0.29, 0.717) is 0 Å². The van der Waals surface area contributed by atoms with Gasteiger partial charge in [0.2, 0.25) is 11.8 Å². The molecule has 0 spiro atoms. The van der Waals surface area contributed by atoms with Crippen molar-refractivity contribution in [2.45, 2.75) is 19.9 Å². The summed E-state index contributed by atoms with van der Waals surface area (Å²) < 4.78 is 0. The van der Waals surface area contributed by atoms with Gasteiger partial charge >= 0.3 is 5.97 Å². The highest BCUT2D eigenvalue weighted by molar-refractivity contribution is 5.93. The molecule has 88 valence electrons. The van der Waals surface area contributed by atoms with Crippen molar-refractivity contribution in [2.24, 2.45) is 5.92 Å². The summed E-state index contributed by atoms with van der Waals surface area (Å²) in [7, 11) is 0. The molecule has 0 aromatic carbocycles. The van der Waals surface area contributed by atoms with Gasteiger partial charge in [0.25, 0.3) is 5.91 Å². The topological polar surface area (TPSA) is 134 Å². The van der Waals surface area contributed by atoms with Gasteiger partial charge < -0.3 is 16.2 Å². The first-order chi connectivity index (χ1) is 7.41. The lowest BCUT2D eigenvalue weighted by atomic mass is 10.1. The number of carboxylic acid groups (broad SMARTS) is 1. The first-order valence-electron chi connectivity index (χ1n) is 4.63. The summed E-state index contributed by atoms with van der Waals surface area (Å²) in [4.78, 5) is 25.9. The molecule has 1 aromatic heterocycles. The number of rotatable bonds is 4. The average molecular weight is 227 g/mol. The quantitative estimate of drug-likeness (QED) is 0.533. The monoisotopic (exact) mass is 227 g/mol. The van der Waals surface area contributed by atoms with Crippen molar-refractivity contribution in [3.05, 3.63) is 5.82 Å². The Balaban J connectivity index is 2.73. The van der Waals surface area contributed by atoms with Gasteiger partial charge in [0, 0.05) is 0 Å². The largest absolute Gasteiger partial charge is 0.480 e. The number of nitrogens with zero attached hydrogens (tertiary/aromatic N) is 2. The molecule has 1 rings (SSSR count). The Morgan fingerprint density at radius 2 is 2.12 bits per heavy atom. The summed E-state index contributed by atoms with van der Waals surface area (Å²) >= 11 is 0. The Labute approximate surface area is 91.2 Å². The number of carboxylic acids is 1. The Morgan fingerprint density at radius 1 is 1.50 bits per heavy atom. The maximum absolute atomic E-state index is 11.5. The minimum atomic E-state index is -1.10. The fourth-order valence-electron chi connectivity index (χ4n) is 1.10. The van der Waals surface area contributed by atoms with Crippen molar-refractivity contribution >= 4 is 17.8 Å². The minimum absolute atomic E-state index is 0.0680. The van der Waals surface area contributed by atoms with Crippen LogP contribution in [-0.4, -0.2) is 38.2 Å². The molecule has 16 heavy (non-hydrogen) atoms. The smallest absolute Gasteiger partial charge is 0.326 e. The van der Waals surface area contributed by atoms with Crippen LogP contribution < -0.4 is 11.1 Å². The molecule has 1 amide bonds. The van der Waals surface area contributed by atoms with Crippen molar-refractivity contribution in [1.82, 2.24) is 20.5 Å². The number of hydrogen-bond donors (Lipinski definition) is 4. The van der Waals surface area contributed by atoms with Crippen LogP contribution in [0.15, 0.2) is 0 Å². The molecule has 8 nitrogen and oxygen atoms in total. The lowest BCUT2D eigenvalue weighted by Gasteiger charge is -2.16. The fourth-order valence-corrected chi connectivity index (χ4v) is 1.10. The van der Waals surface area contributed by atoms with E-state index in [1.807, 2.05) is 0 Å². The van der Waals surface area contributed by atoms with E-state index in [1.165, 1.54) is 0 Å². The summed E-state index contributed by atoms with van der Waals surface area (Å²) in [6.45, 7) is 3.38. The van der Waals surface area contributed by atoms with Crippen LogP contribution in [0.5, 0.6) is 0 Å². The number of carbonyl (C=O) groups excluding carboxylic acids is 1. The summed E-state index contributed by atoms with van der Waals surface area (Å²) in [5.41, 5.74) is 5.22. The van der Waals surface area contributed by atoms with Crippen LogP contribution in [0.3, 0.4) is 0 Å². The molecule has 8 heteroatoms. The van der Waals surface area contributed by atoms with E-state index in [-0.39, 0.29) is 17.7 Å².